The summed E-state index contributed by atoms with van der Waals surface area (Å²) in [6.45, 7) is 5.08. The normalized spacial score (nSPS) is 11.1. The number of fused-ring (bicyclic) bond motifs is 3. The fourth-order valence-corrected chi connectivity index (χ4v) is 3.90. The second-order valence-corrected chi connectivity index (χ2v) is 7.30. The van der Waals surface area contributed by atoms with Crippen molar-refractivity contribution in [3.05, 3.63) is 71.2 Å². The summed E-state index contributed by atoms with van der Waals surface area (Å²) in [6, 6.07) is 20.6. The Hall–Kier alpha value is -2.56. The molecule has 0 atom stereocenters. The minimum atomic E-state index is 0.541. The van der Waals surface area contributed by atoms with Gasteiger partial charge in [-0.25, -0.2) is 0 Å². The summed E-state index contributed by atoms with van der Waals surface area (Å²) in [6.07, 6.45) is 0. The number of benzene rings is 3. The van der Waals surface area contributed by atoms with Crippen LogP contribution in [0.15, 0.2) is 60.7 Å². The van der Waals surface area contributed by atoms with E-state index < -0.39 is 0 Å². The van der Waals surface area contributed by atoms with Gasteiger partial charge < -0.3 is 15.2 Å². The number of aryl methyl sites for hydroxylation is 1. The molecule has 0 aliphatic heterocycles. The maximum absolute atomic E-state index is 6.19. The van der Waals surface area contributed by atoms with Crippen LogP contribution in [-0.2, 0) is 6.54 Å². The van der Waals surface area contributed by atoms with Gasteiger partial charge in [0.1, 0.15) is 0 Å². The van der Waals surface area contributed by atoms with Crippen molar-refractivity contribution < 1.29 is 0 Å². The van der Waals surface area contributed by atoms with Crippen molar-refractivity contribution in [2.24, 2.45) is 0 Å². The quantitative estimate of drug-likeness (QED) is 0.385. The fourth-order valence-electron chi connectivity index (χ4n) is 3.50. The van der Waals surface area contributed by atoms with Gasteiger partial charge >= 0.3 is 0 Å². The molecule has 0 unspecified atom stereocenters. The highest BCUT2D eigenvalue weighted by molar-refractivity contribution is 7.80. The van der Waals surface area contributed by atoms with E-state index in [1.807, 2.05) is 25.1 Å². The fraction of sp³-hybridized carbons (Fsp3) is 0.136. The summed E-state index contributed by atoms with van der Waals surface area (Å²) in [5.41, 5.74) is 5.32. The van der Waals surface area contributed by atoms with Crippen molar-refractivity contribution in [3.63, 3.8) is 0 Å². The zero-order valence-corrected chi connectivity index (χ0v) is 16.8. The molecule has 0 aliphatic carbocycles. The number of hydrogen-bond acceptors (Lipinski definition) is 1. The Balaban J connectivity index is 1.65. The van der Waals surface area contributed by atoms with Crippen molar-refractivity contribution in [1.82, 2.24) is 4.57 Å². The molecule has 4 rings (SSSR count). The first-order valence-electron chi connectivity index (χ1n) is 8.92. The van der Waals surface area contributed by atoms with Gasteiger partial charge in [0.2, 0.25) is 0 Å². The third-order valence-corrected chi connectivity index (χ3v) is 5.48. The van der Waals surface area contributed by atoms with E-state index in [2.05, 4.69) is 64.6 Å². The third-order valence-electron chi connectivity index (χ3n) is 4.86. The third kappa shape index (κ3) is 3.27. The van der Waals surface area contributed by atoms with Gasteiger partial charge in [0.25, 0.3) is 0 Å². The highest BCUT2D eigenvalue weighted by Gasteiger charge is 2.10. The molecule has 3 aromatic carbocycles. The second kappa shape index (κ2) is 7.22. The zero-order chi connectivity index (χ0) is 19.0. The molecule has 0 fully saturated rings. The molecule has 0 aliphatic rings. The lowest BCUT2D eigenvalue weighted by Gasteiger charge is -2.13. The molecule has 3 nitrogen and oxygen atoms in total. The largest absolute Gasteiger partial charge is 0.341 e. The number of nitrogens with one attached hydrogen (secondary N) is 2. The van der Waals surface area contributed by atoms with Crippen LogP contribution in [0.1, 0.15) is 12.5 Å². The molecule has 0 radical (unpaired) electrons. The van der Waals surface area contributed by atoms with Gasteiger partial charge in [-0.2, -0.15) is 0 Å². The Morgan fingerprint density at radius 3 is 2.56 bits per heavy atom. The summed E-state index contributed by atoms with van der Waals surface area (Å²) < 4.78 is 2.33. The molecule has 5 heteroatoms. The van der Waals surface area contributed by atoms with E-state index in [-0.39, 0.29) is 0 Å². The maximum Gasteiger partial charge on any atom is 0.175 e. The number of aromatic nitrogens is 1. The SMILES string of the molecule is CCn1c2ccccc2c2cc(NC(=S)Nc3cccc(Cl)c3C)ccc21. The number of anilines is 2. The highest BCUT2D eigenvalue weighted by atomic mass is 35.5. The van der Waals surface area contributed by atoms with E-state index in [1.54, 1.807) is 0 Å². The summed E-state index contributed by atoms with van der Waals surface area (Å²) in [5, 5.41) is 10.3. The van der Waals surface area contributed by atoms with Crippen molar-refractivity contribution >= 4 is 62.1 Å². The molecular formula is C22H20ClN3S. The van der Waals surface area contributed by atoms with E-state index in [1.165, 1.54) is 21.8 Å². The number of para-hydroxylation sites is 1. The van der Waals surface area contributed by atoms with Gasteiger partial charge in [0.05, 0.1) is 0 Å². The molecule has 0 amide bonds. The van der Waals surface area contributed by atoms with Crippen molar-refractivity contribution in [2.45, 2.75) is 20.4 Å². The van der Waals surface area contributed by atoms with Crippen molar-refractivity contribution in [2.75, 3.05) is 10.6 Å². The smallest absolute Gasteiger partial charge is 0.175 e. The summed E-state index contributed by atoms with van der Waals surface area (Å²) in [4.78, 5) is 0. The lowest BCUT2D eigenvalue weighted by Crippen LogP contribution is -2.19. The van der Waals surface area contributed by atoms with Crippen LogP contribution in [0.2, 0.25) is 5.02 Å². The molecule has 0 saturated carbocycles. The lowest BCUT2D eigenvalue weighted by atomic mass is 10.1. The predicted molar refractivity (Wildman–Crippen MR) is 121 cm³/mol. The van der Waals surface area contributed by atoms with Crippen LogP contribution >= 0.6 is 23.8 Å². The summed E-state index contributed by atoms with van der Waals surface area (Å²) in [7, 11) is 0. The molecule has 136 valence electrons. The molecular weight excluding hydrogens is 374 g/mol. The number of hydrogen-bond donors (Lipinski definition) is 2. The molecule has 27 heavy (non-hydrogen) atoms. The first-order chi connectivity index (χ1) is 13.1. The minimum absolute atomic E-state index is 0.541. The average Bonchev–Trinajstić information content (AvgIpc) is 2.98. The van der Waals surface area contributed by atoms with E-state index in [0.29, 0.717) is 5.11 Å². The van der Waals surface area contributed by atoms with E-state index in [9.17, 15) is 0 Å². The maximum atomic E-state index is 6.19. The van der Waals surface area contributed by atoms with E-state index >= 15 is 0 Å². The monoisotopic (exact) mass is 393 g/mol. The average molecular weight is 394 g/mol. The summed E-state index contributed by atoms with van der Waals surface area (Å²) >= 11 is 11.7. The minimum Gasteiger partial charge on any atom is -0.341 e. The van der Waals surface area contributed by atoms with Crippen LogP contribution in [0.3, 0.4) is 0 Å². The Kier molecular flexibility index (Phi) is 4.77. The topological polar surface area (TPSA) is 29.0 Å². The lowest BCUT2D eigenvalue weighted by molar-refractivity contribution is 0.827. The zero-order valence-electron chi connectivity index (χ0n) is 15.2. The predicted octanol–water partition coefficient (Wildman–Crippen LogP) is 6.59. The summed E-state index contributed by atoms with van der Waals surface area (Å²) in [5.74, 6) is 0. The Morgan fingerprint density at radius 1 is 0.963 bits per heavy atom. The van der Waals surface area contributed by atoms with Gasteiger partial charge in [-0.15, -0.1) is 0 Å². The van der Waals surface area contributed by atoms with Crippen LogP contribution in [0.5, 0.6) is 0 Å². The van der Waals surface area contributed by atoms with Crippen LogP contribution in [0.4, 0.5) is 11.4 Å². The van der Waals surface area contributed by atoms with E-state index in [4.69, 9.17) is 23.8 Å². The van der Waals surface area contributed by atoms with Crippen molar-refractivity contribution in [3.8, 4) is 0 Å². The molecule has 2 N–H and O–H groups in total. The molecule has 1 heterocycles. The Morgan fingerprint density at radius 2 is 1.74 bits per heavy atom. The van der Waals surface area contributed by atoms with Crippen LogP contribution < -0.4 is 10.6 Å². The first kappa shape index (κ1) is 17.8. The highest BCUT2D eigenvalue weighted by Crippen LogP contribution is 2.31. The number of nitrogens with zero attached hydrogens (tertiary/aromatic N) is 1. The molecule has 0 bridgehead atoms. The van der Waals surface area contributed by atoms with Crippen LogP contribution in [-0.4, -0.2) is 9.68 Å². The van der Waals surface area contributed by atoms with Crippen LogP contribution in [0, 0.1) is 6.92 Å². The molecule has 0 spiro atoms. The van der Waals surface area contributed by atoms with Gasteiger partial charge in [0.15, 0.2) is 5.11 Å². The van der Waals surface area contributed by atoms with Gasteiger partial charge in [-0.1, -0.05) is 35.9 Å². The van der Waals surface area contributed by atoms with Gasteiger partial charge in [0, 0.05) is 44.7 Å². The molecule has 4 aromatic rings. The van der Waals surface area contributed by atoms with E-state index in [0.717, 1.165) is 28.5 Å². The van der Waals surface area contributed by atoms with Gasteiger partial charge in [-0.3, -0.25) is 0 Å². The van der Waals surface area contributed by atoms with Crippen LogP contribution in [0.25, 0.3) is 21.8 Å². The first-order valence-corrected chi connectivity index (χ1v) is 9.71. The molecule has 1 aromatic heterocycles. The number of thiocarbonyl (C=S) groups is 1. The number of halogens is 1. The Labute approximate surface area is 168 Å². The Bertz CT molecular complexity index is 1160. The van der Waals surface area contributed by atoms with Crippen molar-refractivity contribution in [1.29, 1.82) is 0 Å². The van der Waals surface area contributed by atoms with Gasteiger partial charge in [-0.05, 0) is 68.0 Å². The molecule has 0 saturated heterocycles. The second-order valence-electron chi connectivity index (χ2n) is 6.48. The number of rotatable bonds is 3. The standard InChI is InChI=1S/C22H20ClN3S/c1-3-26-20-10-5-4-7-16(20)17-13-15(11-12-21(17)26)24-22(27)25-19-9-6-8-18(23)14(19)2/h4-13H,3H2,1-2H3,(H2,24,25,27).